The maximum atomic E-state index is 13.4. The molecule has 0 bridgehead atoms. The Labute approximate surface area is 106 Å². The molecule has 6 heteroatoms. The quantitative estimate of drug-likeness (QED) is 0.873. The van der Waals surface area contributed by atoms with Gasteiger partial charge in [-0.25, -0.2) is 4.39 Å². The van der Waals surface area contributed by atoms with E-state index in [1.807, 2.05) is 0 Å². The van der Waals surface area contributed by atoms with E-state index in [1.54, 1.807) is 6.07 Å². The number of amides is 2. The molecule has 1 aliphatic heterocycles. The van der Waals surface area contributed by atoms with Crippen LogP contribution in [0.25, 0.3) is 0 Å². The van der Waals surface area contributed by atoms with E-state index in [9.17, 15) is 14.0 Å². The van der Waals surface area contributed by atoms with Gasteiger partial charge in [-0.15, -0.1) is 0 Å². The third-order valence-electron chi connectivity index (χ3n) is 2.56. The first-order valence-electron chi connectivity index (χ1n) is 5.09. The van der Waals surface area contributed by atoms with Crippen LogP contribution in [0.1, 0.15) is 6.42 Å². The molecule has 0 aliphatic carbocycles. The predicted molar refractivity (Wildman–Crippen MR) is 63.8 cm³/mol. The first-order valence-corrected chi connectivity index (χ1v) is 5.89. The average molecular weight is 301 g/mol. The molecule has 1 aliphatic rings. The molecule has 1 heterocycles. The fraction of sp³-hybridized carbons (Fsp3) is 0.273. The Balaban J connectivity index is 2.11. The molecule has 1 fully saturated rings. The van der Waals surface area contributed by atoms with Gasteiger partial charge in [-0.2, -0.15) is 0 Å². The van der Waals surface area contributed by atoms with E-state index in [4.69, 9.17) is 0 Å². The second-order valence-electron chi connectivity index (χ2n) is 3.79. The van der Waals surface area contributed by atoms with Crippen LogP contribution >= 0.6 is 15.9 Å². The van der Waals surface area contributed by atoms with Gasteiger partial charge in [0.25, 0.3) is 0 Å². The minimum absolute atomic E-state index is 0.108. The Morgan fingerprint density at radius 3 is 2.88 bits per heavy atom. The summed E-state index contributed by atoms with van der Waals surface area (Å²) in [6.45, 7) is 0.302. The SMILES string of the molecule is O=C1CC(C(=O)Nc2c(F)cccc2Br)CN1. The Morgan fingerprint density at radius 2 is 2.29 bits per heavy atom. The van der Waals surface area contributed by atoms with Gasteiger partial charge in [-0.1, -0.05) is 6.07 Å². The Bertz CT molecular complexity index is 458. The summed E-state index contributed by atoms with van der Waals surface area (Å²) in [5, 5.41) is 5.05. The van der Waals surface area contributed by atoms with Gasteiger partial charge in [-0.05, 0) is 28.1 Å². The fourth-order valence-corrected chi connectivity index (χ4v) is 2.07. The maximum Gasteiger partial charge on any atom is 0.229 e. The number of hydrogen-bond donors (Lipinski definition) is 2. The number of para-hydroxylation sites is 1. The van der Waals surface area contributed by atoms with Gasteiger partial charge in [-0.3, -0.25) is 9.59 Å². The third kappa shape index (κ3) is 2.63. The monoisotopic (exact) mass is 300 g/mol. The third-order valence-corrected chi connectivity index (χ3v) is 3.22. The van der Waals surface area contributed by atoms with E-state index in [2.05, 4.69) is 26.6 Å². The molecular formula is C11H10BrFN2O2. The summed E-state index contributed by atoms with van der Waals surface area (Å²) in [4.78, 5) is 22.7. The van der Waals surface area contributed by atoms with Crippen molar-refractivity contribution < 1.29 is 14.0 Å². The molecule has 2 N–H and O–H groups in total. The van der Waals surface area contributed by atoms with Gasteiger partial charge in [0.1, 0.15) is 5.82 Å². The Morgan fingerprint density at radius 1 is 1.53 bits per heavy atom. The number of hydrogen-bond acceptors (Lipinski definition) is 2. The number of anilines is 1. The van der Waals surface area contributed by atoms with Crippen LogP contribution in [0.3, 0.4) is 0 Å². The molecule has 1 aromatic carbocycles. The van der Waals surface area contributed by atoms with Crippen molar-refractivity contribution in [3.63, 3.8) is 0 Å². The Kier molecular flexibility index (Phi) is 3.42. The van der Waals surface area contributed by atoms with E-state index < -0.39 is 11.7 Å². The number of carbonyl (C=O) groups is 2. The van der Waals surface area contributed by atoms with Gasteiger partial charge in [0.2, 0.25) is 11.8 Å². The summed E-state index contributed by atoms with van der Waals surface area (Å²) < 4.78 is 13.9. The first kappa shape index (κ1) is 12.0. The molecule has 2 amide bonds. The lowest BCUT2D eigenvalue weighted by Gasteiger charge is -2.11. The van der Waals surface area contributed by atoms with Gasteiger partial charge < -0.3 is 10.6 Å². The van der Waals surface area contributed by atoms with E-state index in [0.29, 0.717) is 11.0 Å². The summed E-state index contributed by atoms with van der Waals surface area (Å²) in [5.74, 6) is -1.45. The van der Waals surface area contributed by atoms with Crippen molar-refractivity contribution in [2.75, 3.05) is 11.9 Å². The minimum Gasteiger partial charge on any atom is -0.355 e. The van der Waals surface area contributed by atoms with Gasteiger partial charge in [0.05, 0.1) is 11.6 Å². The molecule has 2 rings (SSSR count). The van der Waals surface area contributed by atoms with Gasteiger partial charge in [0.15, 0.2) is 0 Å². The molecule has 1 atom stereocenters. The van der Waals surface area contributed by atoms with Crippen molar-refractivity contribution >= 4 is 33.4 Å². The highest BCUT2D eigenvalue weighted by molar-refractivity contribution is 9.10. The first-order chi connectivity index (χ1) is 8.08. The number of nitrogens with one attached hydrogen (secondary N) is 2. The highest BCUT2D eigenvalue weighted by atomic mass is 79.9. The molecule has 17 heavy (non-hydrogen) atoms. The van der Waals surface area contributed by atoms with Gasteiger partial charge >= 0.3 is 0 Å². The van der Waals surface area contributed by atoms with Crippen molar-refractivity contribution in [2.45, 2.75) is 6.42 Å². The van der Waals surface area contributed by atoms with Crippen LogP contribution in [0.15, 0.2) is 22.7 Å². The zero-order valence-electron chi connectivity index (χ0n) is 8.80. The van der Waals surface area contributed by atoms with E-state index in [1.165, 1.54) is 12.1 Å². The molecule has 1 aromatic rings. The summed E-state index contributed by atoms with van der Waals surface area (Å²) in [5.41, 5.74) is 0.108. The van der Waals surface area contributed by atoms with Crippen LogP contribution in [-0.4, -0.2) is 18.4 Å². The van der Waals surface area contributed by atoms with Crippen LogP contribution in [0.4, 0.5) is 10.1 Å². The van der Waals surface area contributed by atoms with Crippen molar-refractivity contribution in [3.05, 3.63) is 28.5 Å². The highest BCUT2D eigenvalue weighted by Crippen LogP contribution is 2.26. The molecule has 0 saturated carbocycles. The summed E-state index contributed by atoms with van der Waals surface area (Å²) in [6.07, 6.45) is 0.151. The van der Waals surface area contributed by atoms with E-state index in [0.717, 1.165) is 0 Å². The molecule has 1 saturated heterocycles. The minimum atomic E-state index is -0.509. The predicted octanol–water partition coefficient (Wildman–Crippen LogP) is 1.66. The zero-order chi connectivity index (χ0) is 12.4. The fourth-order valence-electron chi connectivity index (χ4n) is 1.63. The number of carbonyl (C=O) groups excluding carboxylic acids is 2. The normalized spacial score (nSPS) is 18.9. The number of rotatable bonds is 2. The molecule has 0 radical (unpaired) electrons. The summed E-state index contributed by atoms with van der Waals surface area (Å²) >= 11 is 3.16. The van der Waals surface area contributed by atoms with Crippen molar-refractivity contribution in [3.8, 4) is 0 Å². The van der Waals surface area contributed by atoms with Crippen LogP contribution in [0.2, 0.25) is 0 Å². The number of benzene rings is 1. The molecule has 90 valence electrons. The maximum absolute atomic E-state index is 13.4. The van der Waals surface area contributed by atoms with Crippen LogP contribution < -0.4 is 10.6 Å². The smallest absolute Gasteiger partial charge is 0.229 e. The number of halogens is 2. The second kappa shape index (κ2) is 4.83. The lowest BCUT2D eigenvalue weighted by Crippen LogP contribution is -2.25. The van der Waals surface area contributed by atoms with E-state index in [-0.39, 0.29) is 23.9 Å². The van der Waals surface area contributed by atoms with Crippen molar-refractivity contribution in [1.82, 2.24) is 5.32 Å². The Hall–Kier alpha value is -1.43. The zero-order valence-corrected chi connectivity index (χ0v) is 10.4. The summed E-state index contributed by atoms with van der Waals surface area (Å²) in [6, 6.07) is 4.44. The highest BCUT2D eigenvalue weighted by Gasteiger charge is 2.28. The molecule has 0 spiro atoms. The molecule has 1 unspecified atom stereocenters. The van der Waals surface area contributed by atoms with Crippen molar-refractivity contribution in [1.29, 1.82) is 0 Å². The second-order valence-corrected chi connectivity index (χ2v) is 4.65. The van der Waals surface area contributed by atoms with E-state index >= 15 is 0 Å². The molecule has 0 aromatic heterocycles. The topological polar surface area (TPSA) is 58.2 Å². The lowest BCUT2D eigenvalue weighted by atomic mass is 10.1. The largest absolute Gasteiger partial charge is 0.355 e. The average Bonchev–Trinajstić information content (AvgIpc) is 2.70. The van der Waals surface area contributed by atoms with Crippen LogP contribution in [0.5, 0.6) is 0 Å². The summed E-state index contributed by atoms with van der Waals surface area (Å²) in [7, 11) is 0. The lowest BCUT2D eigenvalue weighted by molar-refractivity contribution is -0.123. The van der Waals surface area contributed by atoms with Crippen LogP contribution in [0, 0.1) is 11.7 Å². The van der Waals surface area contributed by atoms with Gasteiger partial charge in [0, 0.05) is 17.4 Å². The van der Waals surface area contributed by atoms with Crippen molar-refractivity contribution in [2.24, 2.45) is 5.92 Å². The molecular weight excluding hydrogens is 291 g/mol. The standard InChI is InChI=1S/C11H10BrFN2O2/c12-7-2-1-3-8(13)10(7)15-11(17)6-4-9(16)14-5-6/h1-3,6H,4-5H2,(H,14,16)(H,15,17). The molecule has 4 nitrogen and oxygen atoms in total. The van der Waals surface area contributed by atoms with Crippen LogP contribution in [-0.2, 0) is 9.59 Å².